The van der Waals surface area contributed by atoms with Gasteiger partial charge in [-0.05, 0) is 106 Å². The van der Waals surface area contributed by atoms with Crippen LogP contribution in [-0.2, 0) is 0 Å². The first-order valence-electron chi connectivity index (χ1n) is 11.0. The van der Waals surface area contributed by atoms with Crippen LogP contribution in [0.25, 0.3) is 0 Å². The lowest BCUT2D eigenvalue weighted by molar-refractivity contribution is -0.166. The SMILES string of the molecule is C[C@]12CC[C@@H](O)C[C@@H]1CC[C@@H]1[C@@H]2CC[C@]23[C@@H](CC[C@H](Br)[C@@H]2O)CC[C@@H]13. The zero-order chi connectivity index (χ0) is 17.4. The Hall–Kier alpha value is 0.400. The molecular weight excluding hydrogens is 376 g/mol. The van der Waals surface area contributed by atoms with Crippen LogP contribution in [0.15, 0.2) is 0 Å². The fraction of sp³-hybridized carbons (Fsp3) is 1.00. The molecule has 0 unspecified atom stereocenters. The maximum atomic E-state index is 11.3. The lowest BCUT2D eigenvalue weighted by atomic mass is 9.43. The monoisotopic (exact) mass is 410 g/mol. The van der Waals surface area contributed by atoms with Crippen LogP contribution in [0.2, 0.25) is 0 Å². The van der Waals surface area contributed by atoms with E-state index in [0.717, 1.165) is 48.9 Å². The second kappa shape index (κ2) is 5.95. The van der Waals surface area contributed by atoms with Crippen molar-refractivity contribution in [3.05, 3.63) is 0 Å². The second-order valence-corrected chi connectivity index (χ2v) is 11.7. The summed E-state index contributed by atoms with van der Waals surface area (Å²) in [6.45, 7) is 2.56. The predicted molar refractivity (Wildman–Crippen MR) is 104 cm³/mol. The number of rotatable bonds is 0. The van der Waals surface area contributed by atoms with Gasteiger partial charge in [-0.3, -0.25) is 0 Å². The van der Waals surface area contributed by atoms with E-state index < -0.39 is 0 Å². The van der Waals surface area contributed by atoms with Gasteiger partial charge >= 0.3 is 0 Å². The second-order valence-electron chi connectivity index (χ2n) is 10.5. The van der Waals surface area contributed by atoms with E-state index in [1.807, 2.05) is 0 Å². The van der Waals surface area contributed by atoms with Crippen LogP contribution in [0.5, 0.6) is 0 Å². The number of aliphatic hydroxyl groups is 2. The van der Waals surface area contributed by atoms with Crippen molar-refractivity contribution in [3.63, 3.8) is 0 Å². The van der Waals surface area contributed by atoms with Crippen LogP contribution in [-0.4, -0.2) is 27.2 Å². The molecule has 0 bridgehead atoms. The number of hydrogen-bond acceptors (Lipinski definition) is 2. The van der Waals surface area contributed by atoms with Crippen LogP contribution < -0.4 is 0 Å². The molecule has 5 fully saturated rings. The van der Waals surface area contributed by atoms with Crippen molar-refractivity contribution in [2.75, 3.05) is 0 Å². The third-order valence-corrected chi connectivity index (χ3v) is 11.0. The number of hydrogen-bond donors (Lipinski definition) is 2. The number of halogens is 1. The summed E-state index contributed by atoms with van der Waals surface area (Å²) in [6, 6.07) is 0. The maximum absolute atomic E-state index is 11.3. The fourth-order valence-electron chi connectivity index (χ4n) is 8.95. The molecule has 0 radical (unpaired) electrons. The lowest BCUT2D eigenvalue weighted by Gasteiger charge is -2.63. The Labute approximate surface area is 161 Å². The fourth-order valence-corrected chi connectivity index (χ4v) is 9.70. The summed E-state index contributed by atoms with van der Waals surface area (Å²) >= 11 is 3.83. The van der Waals surface area contributed by atoms with Crippen molar-refractivity contribution in [2.45, 2.75) is 94.6 Å². The Morgan fingerprint density at radius 2 is 1.56 bits per heavy atom. The first kappa shape index (κ1) is 17.5. The van der Waals surface area contributed by atoms with E-state index in [-0.39, 0.29) is 17.6 Å². The van der Waals surface area contributed by atoms with Gasteiger partial charge in [-0.1, -0.05) is 22.9 Å². The van der Waals surface area contributed by atoms with Gasteiger partial charge in [0.2, 0.25) is 0 Å². The number of fused-ring (bicyclic) bond motifs is 4. The van der Waals surface area contributed by atoms with Crippen LogP contribution in [0.3, 0.4) is 0 Å². The Balaban J connectivity index is 1.47. The van der Waals surface area contributed by atoms with Crippen LogP contribution >= 0.6 is 15.9 Å². The highest BCUT2D eigenvalue weighted by Crippen LogP contribution is 2.70. The quantitative estimate of drug-likeness (QED) is 0.557. The largest absolute Gasteiger partial charge is 0.393 e. The smallest absolute Gasteiger partial charge is 0.0726 e. The molecule has 142 valence electrons. The van der Waals surface area contributed by atoms with Gasteiger partial charge in [0, 0.05) is 10.2 Å². The van der Waals surface area contributed by atoms with E-state index in [1.165, 1.54) is 51.4 Å². The van der Waals surface area contributed by atoms with Crippen molar-refractivity contribution < 1.29 is 10.2 Å². The van der Waals surface area contributed by atoms with E-state index in [1.54, 1.807) is 0 Å². The van der Waals surface area contributed by atoms with Crippen molar-refractivity contribution in [1.82, 2.24) is 0 Å². The molecule has 2 N–H and O–H groups in total. The topological polar surface area (TPSA) is 40.5 Å². The summed E-state index contributed by atoms with van der Waals surface area (Å²) in [5.41, 5.74) is 0.681. The molecule has 5 rings (SSSR count). The average Bonchev–Trinajstić information content (AvgIpc) is 2.99. The molecule has 5 aliphatic carbocycles. The third kappa shape index (κ3) is 2.27. The van der Waals surface area contributed by atoms with Gasteiger partial charge in [-0.25, -0.2) is 0 Å². The summed E-state index contributed by atoms with van der Waals surface area (Å²) in [6.07, 6.45) is 13.6. The third-order valence-electron chi connectivity index (χ3n) is 10.1. The van der Waals surface area contributed by atoms with Crippen LogP contribution in [0.1, 0.15) is 77.6 Å². The Bertz CT molecular complexity index is 538. The van der Waals surface area contributed by atoms with Gasteiger partial charge in [-0.2, -0.15) is 0 Å². The molecule has 10 atom stereocenters. The summed E-state index contributed by atoms with van der Waals surface area (Å²) in [5.74, 6) is 3.96. The molecule has 0 aliphatic heterocycles. The first-order chi connectivity index (χ1) is 12.0. The van der Waals surface area contributed by atoms with E-state index in [4.69, 9.17) is 0 Å². The van der Waals surface area contributed by atoms with Gasteiger partial charge in [-0.15, -0.1) is 0 Å². The van der Waals surface area contributed by atoms with Gasteiger partial charge in [0.05, 0.1) is 12.2 Å². The average molecular weight is 411 g/mol. The van der Waals surface area contributed by atoms with Crippen LogP contribution in [0, 0.1) is 40.4 Å². The molecule has 1 spiro atoms. The molecule has 0 heterocycles. The van der Waals surface area contributed by atoms with Crippen molar-refractivity contribution in [3.8, 4) is 0 Å². The molecule has 0 aromatic carbocycles. The molecule has 0 amide bonds. The van der Waals surface area contributed by atoms with Gasteiger partial charge in [0.25, 0.3) is 0 Å². The molecule has 2 nitrogen and oxygen atoms in total. The van der Waals surface area contributed by atoms with Crippen molar-refractivity contribution in [1.29, 1.82) is 0 Å². The summed E-state index contributed by atoms with van der Waals surface area (Å²) in [4.78, 5) is 0.317. The molecule has 0 aromatic heterocycles. The summed E-state index contributed by atoms with van der Waals surface area (Å²) < 4.78 is 0. The van der Waals surface area contributed by atoms with Crippen LogP contribution in [0.4, 0.5) is 0 Å². The van der Waals surface area contributed by atoms with E-state index >= 15 is 0 Å². The van der Waals surface area contributed by atoms with Crippen molar-refractivity contribution in [2.24, 2.45) is 40.4 Å². The lowest BCUT2D eigenvalue weighted by Crippen LogP contribution is -2.59. The molecular formula is C22H35BrO2. The normalized spacial score (nSPS) is 61.0. The standard InChI is InChI=1S/C22H35BrO2/c1-21-10-8-15(24)12-14(21)2-5-16-17(21)9-11-22-13(3-6-18(16)22)4-7-19(23)20(22)25/h13-20,24-25H,2-12H2,1H3/t13-,14+,15-,16-,17+,18+,19+,20+,21+,22-/m1/s1. The summed E-state index contributed by atoms with van der Waals surface area (Å²) in [5, 5.41) is 21.5. The Morgan fingerprint density at radius 1 is 0.800 bits per heavy atom. The summed E-state index contributed by atoms with van der Waals surface area (Å²) in [7, 11) is 0. The van der Waals surface area contributed by atoms with E-state index in [9.17, 15) is 10.2 Å². The van der Waals surface area contributed by atoms with E-state index in [2.05, 4.69) is 22.9 Å². The zero-order valence-electron chi connectivity index (χ0n) is 15.7. The molecule has 5 aliphatic rings. The highest BCUT2D eigenvalue weighted by molar-refractivity contribution is 9.09. The van der Waals surface area contributed by atoms with E-state index in [0.29, 0.717) is 10.2 Å². The van der Waals surface area contributed by atoms with Crippen molar-refractivity contribution >= 4 is 15.9 Å². The molecule has 25 heavy (non-hydrogen) atoms. The number of alkyl halides is 1. The maximum Gasteiger partial charge on any atom is 0.0726 e. The molecule has 0 saturated heterocycles. The van der Waals surface area contributed by atoms with Gasteiger partial charge in [0.1, 0.15) is 0 Å². The van der Waals surface area contributed by atoms with Gasteiger partial charge in [0.15, 0.2) is 0 Å². The molecule has 5 saturated carbocycles. The predicted octanol–water partition coefficient (Wildman–Crippen LogP) is 4.90. The number of aliphatic hydroxyl groups excluding tert-OH is 2. The molecule has 0 aromatic rings. The minimum Gasteiger partial charge on any atom is -0.393 e. The highest BCUT2D eigenvalue weighted by Gasteiger charge is 2.65. The minimum absolute atomic E-state index is 0.0465. The zero-order valence-corrected chi connectivity index (χ0v) is 17.3. The minimum atomic E-state index is -0.126. The molecule has 3 heteroatoms. The van der Waals surface area contributed by atoms with Gasteiger partial charge < -0.3 is 10.2 Å². The Morgan fingerprint density at radius 3 is 2.40 bits per heavy atom. The Kier molecular flexibility index (Phi) is 4.16. The highest BCUT2D eigenvalue weighted by atomic mass is 79.9. The first-order valence-corrected chi connectivity index (χ1v) is 11.9.